The van der Waals surface area contributed by atoms with E-state index < -0.39 is 0 Å². The Kier molecular flexibility index (Phi) is 6.21. The second kappa shape index (κ2) is 8.59. The topological polar surface area (TPSA) is 45.2 Å². The van der Waals surface area contributed by atoms with Gasteiger partial charge in [-0.25, -0.2) is 4.98 Å². The van der Waals surface area contributed by atoms with Crippen LogP contribution >= 0.6 is 11.3 Å². The molecule has 0 saturated carbocycles. The molecule has 3 rings (SSSR count). The molecule has 1 fully saturated rings. The van der Waals surface area contributed by atoms with Crippen LogP contribution in [0, 0.1) is 5.92 Å². The van der Waals surface area contributed by atoms with Crippen molar-refractivity contribution < 1.29 is 4.79 Å². The third kappa shape index (κ3) is 4.89. The number of aromatic nitrogens is 1. The van der Waals surface area contributed by atoms with Crippen molar-refractivity contribution in [1.29, 1.82) is 0 Å². The van der Waals surface area contributed by atoms with E-state index in [9.17, 15) is 4.79 Å². The van der Waals surface area contributed by atoms with E-state index in [1.165, 1.54) is 24.2 Å². The van der Waals surface area contributed by atoms with Gasteiger partial charge in [0.15, 0.2) is 5.13 Å². The summed E-state index contributed by atoms with van der Waals surface area (Å²) in [6, 6.07) is 9.96. The largest absolute Gasteiger partial charge is 0.301 e. The maximum Gasteiger partial charge on any atom is 0.233 e. The lowest BCUT2D eigenvalue weighted by Gasteiger charge is -2.29. The number of carbonyl (C=O) groups is 1. The van der Waals surface area contributed by atoms with E-state index in [4.69, 9.17) is 0 Å². The van der Waals surface area contributed by atoms with Crippen LogP contribution in [-0.2, 0) is 11.3 Å². The van der Waals surface area contributed by atoms with Gasteiger partial charge in [-0.1, -0.05) is 44.2 Å². The number of anilines is 1. The minimum Gasteiger partial charge on any atom is -0.301 e. The van der Waals surface area contributed by atoms with E-state index in [1.807, 2.05) is 37.3 Å². The highest BCUT2D eigenvalue weighted by Gasteiger charge is 2.20. The lowest BCUT2D eigenvalue weighted by atomic mass is 9.96. The standard InChI is InChI=1S/C20H27N3OS/c1-3-18(16-7-5-4-6-8-16)19(24)22-20-21-17(14-25-20)13-23-11-9-15(2)10-12-23/h4-8,14-15,18H,3,9-13H2,1-2H3,(H,21,22,24)/t18-/m1/s1. The maximum absolute atomic E-state index is 12.6. The fraction of sp³-hybridized carbons (Fsp3) is 0.500. The van der Waals surface area contributed by atoms with Crippen molar-refractivity contribution in [3.63, 3.8) is 0 Å². The van der Waals surface area contributed by atoms with Gasteiger partial charge in [-0.2, -0.15) is 0 Å². The molecule has 5 heteroatoms. The molecule has 0 radical (unpaired) electrons. The van der Waals surface area contributed by atoms with Crippen molar-refractivity contribution in [3.05, 3.63) is 47.0 Å². The van der Waals surface area contributed by atoms with Crippen LogP contribution in [0.15, 0.2) is 35.7 Å². The predicted molar refractivity (Wildman–Crippen MR) is 104 cm³/mol. The zero-order chi connectivity index (χ0) is 17.6. The molecular formula is C20H27N3OS. The quantitative estimate of drug-likeness (QED) is 0.827. The van der Waals surface area contributed by atoms with E-state index >= 15 is 0 Å². The maximum atomic E-state index is 12.6. The first-order chi connectivity index (χ1) is 12.2. The lowest BCUT2D eigenvalue weighted by molar-refractivity contribution is -0.117. The zero-order valence-corrected chi connectivity index (χ0v) is 15.9. The summed E-state index contributed by atoms with van der Waals surface area (Å²) >= 11 is 1.52. The van der Waals surface area contributed by atoms with Crippen molar-refractivity contribution in [2.45, 2.75) is 45.6 Å². The lowest BCUT2D eigenvalue weighted by Crippen LogP contribution is -2.32. The third-order valence-electron chi connectivity index (χ3n) is 4.97. The normalized spacial score (nSPS) is 17.4. The van der Waals surface area contributed by atoms with Gasteiger partial charge < -0.3 is 5.32 Å². The van der Waals surface area contributed by atoms with Crippen molar-refractivity contribution in [3.8, 4) is 0 Å². The SMILES string of the molecule is CC[C@@H](C(=O)Nc1nc(CN2CCC(C)CC2)cs1)c1ccccc1. The molecular weight excluding hydrogens is 330 g/mol. The first kappa shape index (κ1) is 18.1. The molecule has 0 bridgehead atoms. The fourth-order valence-corrected chi connectivity index (χ4v) is 4.04. The highest BCUT2D eigenvalue weighted by Crippen LogP contribution is 2.24. The Morgan fingerprint density at radius 3 is 2.72 bits per heavy atom. The Labute approximate surface area is 154 Å². The first-order valence-corrected chi connectivity index (χ1v) is 10.1. The number of benzene rings is 1. The second-order valence-corrected chi connectivity index (χ2v) is 7.82. The molecule has 25 heavy (non-hydrogen) atoms. The number of nitrogens with zero attached hydrogens (tertiary/aromatic N) is 2. The Hall–Kier alpha value is -1.72. The Morgan fingerprint density at radius 1 is 1.32 bits per heavy atom. The van der Waals surface area contributed by atoms with Gasteiger partial charge in [-0.15, -0.1) is 11.3 Å². The number of hydrogen-bond acceptors (Lipinski definition) is 4. The Morgan fingerprint density at radius 2 is 2.04 bits per heavy atom. The van der Waals surface area contributed by atoms with Gasteiger partial charge in [-0.3, -0.25) is 9.69 Å². The number of carbonyl (C=O) groups excluding carboxylic acids is 1. The first-order valence-electron chi connectivity index (χ1n) is 9.18. The van der Waals surface area contributed by atoms with Crippen LogP contribution in [-0.4, -0.2) is 28.9 Å². The number of likely N-dealkylation sites (tertiary alicyclic amines) is 1. The molecule has 2 aromatic rings. The molecule has 1 aromatic carbocycles. The van der Waals surface area contributed by atoms with E-state index in [2.05, 4.69) is 27.5 Å². The molecule has 1 aliphatic rings. The number of piperidine rings is 1. The van der Waals surface area contributed by atoms with Crippen molar-refractivity contribution in [2.24, 2.45) is 5.92 Å². The van der Waals surface area contributed by atoms with Gasteiger partial charge in [0.25, 0.3) is 0 Å². The number of nitrogens with one attached hydrogen (secondary N) is 1. The summed E-state index contributed by atoms with van der Waals surface area (Å²) in [7, 11) is 0. The van der Waals surface area contributed by atoms with Crippen LogP contribution in [0.25, 0.3) is 0 Å². The molecule has 1 amide bonds. The van der Waals surface area contributed by atoms with E-state index in [0.717, 1.165) is 43.2 Å². The summed E-state index contributed by atoms with van der Waals surface area (Å²) in [5.74, 6) is 0.740. The molecule has 1 atom stereocenters. The summed E-state index contributed by atoms with van der Waals surface area (Å²) in [5.41, 5.74) is 2.12. The van der Waals surface area contributed by atoms with Crippen LogP contribution < -0.4 is 5.32 Å². The molecule has 134 valence electrons. The predicted octanol–water partition coefficient (Wildman–Crippen LogP) is 4.51. The molecule has 0 aliphatic carbocycles. The molecule has 2 heterocycles. The monoisotopic (exact) mass is 357 g/mol. The van der Waals surface area contributed by atoms with Gasteiger partial charge in [-0.05, 0) is 43.8 Å². The Balaban J connectivity index is 1.58. The van der Waals surface area contributed by atoms with Crippen molar-refractivity contribution in [1.82, 2.24) is 9.88 Å². The third-order valence-corrected chi connectivity index (χ3v) is 5.78. The highest BCUT2D eigenvalue weighted by atomic mass is 32.1. The molecule has 1 saturated heterocycles. The van der Waals surface area contributed by atoms with Crippen LogP contribution in [0.3, 0.4) is 0 Å². The van der Waals surface area contributed by atoms with Gasteiger partial charge in [0.1, 0.15) is 0 Å². The zero-order valence-electron chi connectivity index (χ0n) is 15.1. The van der Waals surface area contributed by atoms with E-state index in [0.29, 0.717) is 5.13 Å². The highest BCUT2D eigenvalue weighted by molar-refractivity contribution is 7.13. The van der Waals surface area contributed by atoms with E-state index in [1.54, 1.807) is 0 Å². The van der Waals surface area contributed by atoms with Crippen LogP contribution in [0.4, 0.5) is 5.13 Å². The van der Waals surface area contributed by atoms with E-state index in [-0.39, 0.29) is 11.8 Å². The molecule has 1 aromatic heterocycles. The molecule has 4 nitrogen and oxygen atoms in total. The molecule has 1 aliphatic heterocycles. The smallest absolute Gasteiger partial charge is 0.233 e. The van der Waals surface area contributed by atoms with Crippen molar-refractivity contribution in [2.75, 3.05) is 18.4 Å². The summed E-state index contributed by atoms with van der Waals surface area (Å²) < 4.78 is 0. The van der Waals surface area contributed by atoms with Crippen LogP contribution in [0.2, 0.25) is 0 Å². The van der Waals surface area contributed by atoms with Crippen molar-refractivity contribution >= 4 is 22.4 Å². The summed E-state index contributed by atoms with van der Waals surface area (Å²) in [4.78, 5) is 19.7. The Bertz CT molecular complexity index is 677. The summed E-state index contributed by atoms with van der Waals surface area (Å²) in [5, 5.41) is 5.78. The summed E-state index contributed by atoms with van der Waals surface area (Å²) in [6.45, 7) is 7.54. The molecule has 0 unspecified atom stereocenters. The minimum atomic E-state index is -0.128. The number of rotatable bonds is 6. The van der Waals surface area contributed by atoms with Gasteiger partial charge in [0, 0.05) is 11.9 Å². The molecule has 0 spiro atoms. The van der Waals surface area contributed by atoms with Crippen LogP contribution in [0.1, 0.15) is 50.3 Å². The summed E-state index contributed by atoms with van der Waals surface area (Å²) in [6.07, 6.45) is 3.31. The van der Waals surface area contributed by atoms with Crippen LogP contribution in [0.5, 0.6) is 0 Å². The average molecular weight is 358 g/mol. The second-order valence-electron chi connectivity index (χ2n) is 6.96. The van der Waals surface area contributed by atoms with Gasteiger partial charge in [0.2, 0.25) is 5.91 Å². The molecule has 1 N–H and O–H groups in total. The van der Waals surface area contributed by atoms with Gasteiger partial charge in [0.05, 0.1) is 11.6 Å². The fourth-order valence-electron chi connectivity index (χ4n) is 3.34. The van der Waals surface area contributed by atoms with Gasteiger partial charge >= 0.3 is 0 Å². The minimum absolute atomic E-state index is 0.0291. The number of thiazole rings is 1. The average Bonchev–Trinajstić information content (AvgIpc) is 3.05. The number of hydrogen-bond donors (Lipinski definition) is 1. The number of amides is 1.